The zero-order valence-corrected chi connectivity index (χ0v) is 10.1. The van der Waals surface area contributed by atoms with Crippen molar-refractivity contribution in [2.45, 2.75) is 25.9 Å². The highest BCUT2D eigenvalue weighted by Gasteiger charge is 2.32. The van der Waals surface area contributed by atoms with E-state index in [4.69, 9.17) is 9.47 Å². The van der Waals surface area contributed by atoms with E-state index in [1.54, 1.807) is 0 Å². The normalized spacial score (nSPS) is 25.3. The smallest absolute Gasteiger partial charge is 0.231 e. The Morgan fingerprint density at radius 1 is 1.12 bits per heavy atom. The van der Waals surface area contributed by atoms with Crippen LogP contribution in [0.1, 0.15) is 18.1 Å². The monoisotopic (exact) mass is 220 g/mol. The number of rotatable bonds is 0. The Kier molecular flexibility index (Phi) is 1.96. The Balaban J connectivity index is 2.05. The van der Waals surface area contributed by atoms with Crippen molar-refractivity contribution >= 4 is 0 Å². The second kappa shape index (κ2) is 3.14. The van der Waals surface area contributed by atoms with Crippen molar-refractivity contribution in [2.75, 3.05) is 20.9 Å². The highest BCUT2D eigenvalue weighted by Crippen LogP contribution is 2.38. The minimum Gasteiger partial charge on any atom is -0.454 e. The van der Waals surface area contributed by atoms with Crippen molar-refractivity contribution in [3.63, 3.8) is 0 Å². The lowest BCUT2D eigenvalue weighted by Gasteiger charge is -2.40. The fourth-order valence-electron chi connectivity index (χ4n) is 2.52. The molecule has 2 heterocycles. The van der Waals surface area contributed by atoms with Crippen LogP contribution < -0.4 is 9.47 Å². The first-order valence-corrected chi connectivity index (χ1v) is 5.80. The molecule has 0 bridgehead atoms. The summed E-state index contributed by atoms with van der Waals surface area (Å²) in [5, 5.41) is 0. The van der Waals surface area contributed by atoms with Crippen LogP contribution in [-0.4, -0.2) is 31.4 Å². The standard InChI is InChI=1S/C13H18NO2/c1-9-4-10-5-12-13(16-8-15-12)6-11(10)7-14(9,2)3/h5-6,9H,4,7-8H2,1-3H3/q+1/t9-/m1/s1. The van der Waals surface area contributed by atoms with Crippen LogP contribution in [0.4, 0.5) is 0 Å². The number of fused-ring (bicyclic) bond motifs is 2. The third kappa shape index (κ3) is 1.39. The Hall–Kier alpha value is -1.22. The largest absolute Gasteiger partial charge is 0.454 e. The lowest BCUT2D eigenvalue weighted by atomic mass is 9.93. The van der Waals surface area contributed by atoms with Gasteiger partial charge in [0.1, 0.15) is 6.54 Å². The number of likely N-dealkylation sites (N-methyl/N-ethyl adjacent to an activating group) is 1. The molecule has 0 fully saturated rings. The van der Waals surface area contributed by atoms with Gasteiger partial charge in [0.15, 0.2) is 11.5 Å². The average Bonchev–Trinajstić information content (AvgIpc) is 2.63. The van der Waals surface area contributed by atoms with Crippen LogP contribution in [0.5, 0.6) is 11.5 Å². The lowest BCUT2D eigenvalue weighted by Crippen LogP contribution is -2.50. The molecule has 0 saturated heterocycles. The maximum absolute atomic E-state index is 5.43. The van der Waals surface area contributed by atoms with Crippen molar-refractivity contribution in [3.05, 3.63) is 23.3 Å². The van der Waals surface area contributed by atoms with Crippen molar-refractivity contribution in [3.8, 4) is 11.5 Å². The molecule has 0 saturated carbocycles. The van der Waals surface area contributed by atoms with Gasteiger partial charge in [-0.05, 0) is 24.6 Å². The molecule has 0 amide bonds. The summed E-state index contributed by atoms with van der Waals surface area (Å²) < 4.78 is 11.9. The summed E-state index contributed by atoms with van der Waals surface area (Å²) in [7, 11) is 4.58. The van der Waals surface area contributed by atoms with E-state index in [-0.39, 0.29) is 0 Å². The quantitative estimate of drug-likeness (QED) is 0.622. The topological polar surface area (TPSA) is 18.5 Å². The highest BCUT2D eigenvalue weighted by molar-refractivity contribution is 5.49. The van der Waals surface area contributed by atoms with Crippen molar-refractivity contribution in [2.24, 2.45) is 0 Å². The molecule has 1 aromatic rings. The van der Waals surface area contributed by atoms with Gasteiger partial charge >= 0.3 is 0 Å². The van der Waals surface area contributed by atoms with Gasteiger partial charge in [-0.2, -0.15) is 0 Å². The maximum atomic E-state index is 5.43. The van der Waals surface area contributed by atoms with Crippen molar-refractivity contribution in [1.82, 2.24) is 0 Å². The van der Waals surface area contributed by atoms with Gasteiger partial charge in [-0.25, -0.2) is 0 Å². The molecule has 0 spiro atoms. The molecule has 3 heteroatoms. The summed E-state index contributed by atoms with van der Waals surface area (Å²) in [6, 6.07) is 4.98. The third-order valence-corrected chi connectivity index (χ3v) is 3.98. The lowest BCUT2D eigenvalue weighted by molar-refractivity contribution is -0.928. The molecular formula is C13H18NO2+. The zero-order valence-electron chi connectivity index (χ0n) is 10.1. The molecule has 3 rings (SSSR count). The Morgan fingerprint density at radius 3 is 2.44 bits per heavy atom. The molecule has 0 aromatic heterocycles. The van der Waals surface area contributed by atoms with E-state index in [9.17, 15) is 0 Å². The van der Waals surface area contributed by atoms with E-state index < -0.39 is 0 Å². The summed E-state index contributed by atoms with van der Waals surface area (Å²) in [5.41, 5.74) is 2.83. The van der Waals surface area contributed by atoms with Gasteiger partial charge in [0.25, 0.3) is 0 Å². The molecule has 2 aliphatic rings. The van der Waals surface area contributed by atoms with Gasteiger partial charge in [0, 0.05) is 12.0 Å². The highest BCUT2D eigenvalue weighted by atomic mass is 16.7. The van der Waals surface area contributed by atoms with E-state index in [1.165, 1.54) is 11.1 Å². The maximum Gasteiger partial charge on any atom is 0.231 e. The number of nitrogens with zero attached hydrogens (tertiary/aromatic N) is 1. The summed E-state index contributed by atoms with van der Waals surface area (Å²) in [6.45, 7) is 3.76. The summed E-state index contributed by atoms with van der Waals surface area (Å²) in [6.07, 6.45) is 1.12. The Bertz CT molecular complexity index is 440. The minimum atomic E-state index is 0.367. The summed E-state index contributed by atoms with van der Waals surface area (Å²) >= 11 is 0. The van der Waals surface area contributed by atoms with Crippen LogP contribution >= 0.6 is 0 Å². The zero-order chi connectivity index (χ0) is 11.3. The molecule has 1 aromatic carbocycles. The minimum absolute atomic E-state index is 0.367. The average molecular weight is 220 g/mol. The van der Waals surface area contributed by atoms with Gasteiger partial charge in [-0.15, -0.1) is 0 Å². The van der Waals surface area contributed by atoms with Crippen molar-refractivity contribution < 1.29 is 14.0 Å². The Morgan fingerprint density at radius 2 is 1.75 bits per heavy atom. The van der Waals surface area contributed by atoms with Crippen LogP contribution in [-0.2, 0) is 13.0 Å². The van der Waals surface area contributed by atoms with Gasteiger partial charge in [0.2, 0.25) is 6.79 Å². The van der Waals surface area contributed by atoms with Gasteiger partial charge in [0.05, 0.1) is 20.1 Å². The number of hydrogen-bond donors (Lipinski definition) is 0. The van der Waals surface area contributed by atoms with E-state index in [0.29, 0.717) is 12.8 Å². The number of hydrogen-bond acceptors (Lipinski definition) is 2. The number of ether oxygens (including phenoxy) is 2. The molecular weight excluding hydrogens is 202 g/mol. The second-order valence-electron chi connectivity index (χ2n) is 5.46. The number of benzene rings is 1. The first-order chi connectivity index (χ1) is 7.56. The van der Waals surface area contributed by atoms with Crippen LogP contribution in [0, 0.1) is 0 Å². The Labute approximate surface area is 96.2 Å². The molecule has 1 atom stereocenters. The van der Waals surface area contributed by atoms with Crippen molar-refractivity contribution in [1.29, 1.82) is 0 Å². The van der Waals surface area contributed by atoms with Gasteiger partial charge in [-0.1, -0.05) is 0 Å². The van der Waals surface area contributed by atoms with E-state index in [1.807, 2.05) is 0 Å². The third-order valence-electron chi connectivity index (χ3n) is 3.98. The van der Waals surface area contributed by atoms with E-state index >= 15 is 0 Å². The fraction of sp³-hybridized carbons (Fsp3) is 0.538. The molecule has 2 aliphatic heterocycles. The van der Waals surface area contributed by atoms with Crippen LogP contribution in [0.3, 0.4) is 0 Å². The van der Waals surface area contributed by atoms with E-state index in [2.05, 4.69) is 33.2 Å². The number of quaternary nitrogens is 1. The van der Waals surface area contributed by atoms with Gasteiger partial charge in [-0.3, -0.25) is 0 Å². The molecule has 0 unspecified atom stereocenters. The molecule has 3 nitrogen and oxygen atoms in total. The van der Waals surface area contributed by atoms with E-state index in [0.717, 1.165) is 28.9 Å². The summed E-state index contributed by atoms with van der Waals surface area (Å²) in [4.78, 5) is 0. The fourth-order valence-corrected chi connectivity index (χ4v) is 2.52. The SMILES string of the molecule is C[C@@H]1Cc2cc3c(cc2C[N+]1(C)C)OCO3. The van der Waals surface area contributed by atoms with Crippen LogP contribution in [0.25, 0.3) is 0 Å². The van der Waals surface area contributed by atoms with Crippen LogP contribution in [0.15, 0.2) is 12.1 Å². The molecule has 0 radical (unpaired) electrons. The predicted octanol–water partition coefficient (Wildman–Crippen LogP) is 1.94. The van der Waals surface area contributed by atoms with Gasteiger partial charge < -0.3 is 14.0 Å². The first-order valence-electron chi connectivity index (χ1n) is 5.80. The first kappa shape index (κ1) is 9.97. The molecule has 86 valence electrons. The molecule has 0 N–H and O–H groups in total. The molecule has 16 heavy (non-hydrogen) atoms. The summed E-state index contributed by atoms with van der Waals surface area (Å²) in [5.74, 6) is 1.83. The molecule has 0 aliphatic carbocycles. The second-order valence-corrected chi connectivity index (χ2v) is 5.46. The predicted molar refractivity (Wildman–Crippen MR) is 61.5 cm³/mol. The van der Waals surface area contributed by atoms with Crippen LogP contribution in [0.2, 0.25) is 0 Å².